The molecule has 0 aliphatic heterocycles. The first-order chi connectivity index (χ1) is 7.59. The first-order valence-electron chi connectivity index (χ1n) is 4.91. The molecule has 0 saturated carbocycles. The number of rotatable bonds is 6. The van der Waals surface area contributed by atoms with Gasteiger partial charge in [0.05, 0.1) is 6.61 Å². The first kappa shape index (κ1) is 13.1. The van der Waals surface area contributed by atoms with Crippen LogP contribution in [0.5, 0.6) is 5.75 Å². The number of primary amides is 1. The fourth-order valence-electron chi connectivity index (χ4n) is 1.15. The number of hydrogen-bond donors (Lipinski definition) is 1. The van der Waals surface area contributed by atoms with Crippen LogP contribution in [0.1, 0.15) is 12.8 Å². The van der Waals surface area contributed by atoms with Crippen molar-refractivity contribution in [1.29, 1.82) is 0 Å². The third-order valence-corrected chi connectivity index (χ3v) is 2.64. The monoisotopic (exact) mass is 261 g/mol. The molecular weight excluding hydrogens is 249 g/mol. The highest BCUT2D eigenvalue weighted by atomic mass is 35.5. The van der Waals surface area contributed by atoms with Gasteiger partial charge in [-0.1, -0.05) is 17.7 Å². The van der Waals surface area contributed by atoms with Crippen LogP contribution in [0.3, 0.4) is 0 Å². The zero-order chi connectivity index (χ0) is 12.0. The maximum absolute atomic E-state index is 10.6. The van der Waals surface area contributed by atoms with Crippen LogP contribution in [-0.4, -0.2) is 17.9 Å². The van der Waals surface area contributed by atoms with Crippen molar-refractivity contribution in [2.45, 2.75) is 18.2 Å². The number of carbonyl (C=O) groups excluding carboxylic acids is 1. The Morgan fingerprint density at radius 3 is 2.88 bits per heavy atom. The van der Waals surface area contributed by atoms with E-state index in [2.05, 4.69) is 0 Å². The standard InChI is InChI=1S/C11H13Cl2NO2/c12-8-3-1-4-9(7-8)16-6-2-5-10(13)11(14)15/h1,3-4,7,10H,2,5-6H2,(H2,14,15). The van der Waals surface area contributed by atoms with Crippen molar-refractivity contribution < 1.29 is 9.53 Å². The summed E-state index contributed by atoms with van der Waals surface area (Å²) >= 11 is 11.5. The summed E-state index contributed by atoms with van der Waals surface area (Å²) in [6, 6.07) is 7.13. The molecule has 2 N–H and O–H groups in total. The highest BCUT2D eigenvalue weighted by Gasteiger charge is 2.10. The summed E-state index contributed by atoms with van der Waals surface area (Å²) < 4.78 is 5.42. The lowest BCUT2D eigenvalue weighted by molar-refractivity contribution is -0.117. The molecule has 0 fully saturated rings. The van der Waals surface area contributed by atoms with E-state index in [-0.39, 0.29) is 0 Å². The molecule has 0 spiro atoms. The van der Waals surface area contributed by atoms with E-state index in [1.807, 2.05) is 12.1 Å². The second kappa shape index (κ2) is 6.61. The Balaban J connectivity index is 2.23. The zero-order valence-electron chi connectivity index (χ0n) is 8.66. The van der Waals surface area contributed by atoms with Crippen LogP contribution in [0, 0.1) is 0 Å². The Labute approximate surface area is 104 Å². The van der Waals surface area contributed by atoms with E-state index in [0.717, 1.165) is 0 Å². The van der Waals surface area contributed by atoms with Crippen molar-refractivity contribution in [3.05, 3.63) is 29.3 Å². The molecule has 88 valence electrons. The second-order valence-electron chi connectivity index (χ2n) is 3.32. The summed E-state index contributed by atoms with van der Waals surface area (Å²) in [4.78, 5) is 10.6. The van der Waals surface area contributed by atoms with Crippen molar-refractivity contribution in [3.63, 3.8) is 0 Å². The minimum atomic E-state index is -0.622. The molecule has 0 aliphatic rings. The molecule has 1 amide bonds. The number of alkyl halides is 1. The van der Waals surface area contributed by atoms with Crippen LogP contribution in [0.2, 0.25) is 5.02 Å². The highest BCUT2D eigenvalue weighted by Crippen LogP contribution is 2.17. The van der Waals surface area contributed by atoms with Gasteiger partial charge in [0.2, 0.25) is 5.91 Å². The molecular formula is C11H13Cl2NO2. The molecule has 1 rings (SSSR count). The average Bonchev–Trinajstić information content (AvgIpc) is 2.24. The normalized spacial score (nSPS) is 12.1. The fraction of sp³-hybridized carbons (Fsp3) is 0.364. The second-order valence-corrected chi connectivity index (χ2v) is 4.28. The summed E-state index contributed by atoms with van der Waals surface area (Å²) in [5.74, 6) is 0.210. The van der Waals surface area contributed by atoms with Crippen LogP contribution in [-0.2, 0) is 4.79 Å². The van der Waals surface area contributed by atoms with Gasteiger partial charge in [-0.05, 0) is 31.0 Å². The van der Waals surface area contributed by atoms with Gasteiger partial charge >= 0.3 is 0 Å². The van der Waals surface area contributed by atoms with Crippen LogP contribution in [0.15, 0.2) is 24.3 Å². The summed E-state index contributed by atoms with van der Waals surface area (Å²) in [6.07, 6.45) is 1.18. The molecule has 1 aromatic carbocycles. The molecule has 0 bridgehead atoms. The molecule has 0 radical (unpaired) electrons. The van der Waals surface area contributed by atoms with E-state index >= 15 is 0 Å². The van der Waals surface area contributed by atoms with Gasteiger partial charge in [-0.25, -0.2) is 0 Å². The number of halogens is 2. The Morgan fingerprint density at radius 2 is 2.25 bits per heavy atom. The van der Waals surface area contributed by atoms with Crippen LogP contribution in [0.25, 0.3) is 0 Å². The number of ether oxygens (including phenoxy) is 1. The minimum Gasteiger partial charge on any atom is -0.494 e. The molecule has 0 saturated heterocycles. The average molecular weight is 262 g/mol. The molecule has 16 heavy (non-hydrogen) atoms. The van der Waals surface area contributed by atoms with Gasteiger partial charge in [-0.3, -0.25) is 4.79 Å². The smallest absolute Gasteiger partial charge is 0.235 e. The van der Waals surface area contributed by atoms with E-state index in [1.54, 1.807) is 12.1 Å². The van der Waals surface area contributed by atoms with Crippen molar-refractivity contribution in [2.75, 3.05) is 6.61 Å². The quantitative estimate of drug-likeness (QED) is 0.632. The van der Waals surface area contributed by atoms with Crippen LogP contribution < -0.4 is 10.5 Å². The molecule has 1 unspecified atom stereocenters. The van der Waals surface area contributed by atoms with Gasteiger partial charge in [-0.15, -0.1) is 11.6 Å². The molecule has 1 aromatic rings. The van der Waals surface area contributed by atoms with Crippen LogP contribution >= 0.6 is 23.2 Å². The number of carbonyl (C=O) groups is 1. The van der Waals surface area contributed by atoms with E-state index < -0.39 is 11.3 Å². The fourth-order valence-corrected chi connectivity index (χ4v) is 1.49. The maximum atomic E-state index is 10.6. The first-order valence-corrected chi connectivity index (χ1v) is 5.73. The lowest BCUT2D eigenvalue weighted by Crippen LogP contribution is -2.23. The van der Waals surface area contributed by atoms with E-state index in [0.29, 0.717) is 30.2 Å². The summed E-state index contributed by atoms with van der Waals surface area (Å²) in [5, 5.41) is 0.00724. The molecule has 0 heterocycles. The van der Waals surface area contributed by atoms with Crippen molar-refractivity contribution in [3.8, 4) is 5.75 Å². The largest absolute Gasteiger partial charge is 0.494 e. The molecule has 1 atom stereocenters. The van der Waals surface area contributed by atoms with E-state index in [4.69, 9.17) is 33.7 Å². The third-order valence-electron chi connectivity index (χ3n) is 1.98. The number of nitrogens with two attached hydrogens (primary N) is 1. The van der Waals surface area contributed by atoms with Gasteiger partial charge in [-0.2, -0.15) is 0 Å². The maximum Gasteiger partial charge on any atom is 0.235 e. The Kier molecular flexibility index (Phi) is 5.43. The Bertz CT molecular complexity index is 358. The van der Waals surface area contributed by atoms with Gasteiger partial charge in [0, 0.05) is 5.02 Å². The summed E-state index contributed by atoms with van der Waals surface area (Å²) in [6.45, 7) is 0.483. The summed E-state index contributed by atoms with van der Waals surface area (Å²) in [5.41, 5.74) is 5.02. The van der Waals surface area contributed by atoms with Gasteiger partial charge in [0.25, 0.3) is 0 Å². The van der Waals surface area contributed by atoms with Gasteiger partial charge in [0.1, 0.15) is 11.1 Å². The number of hydrogen-bond acceptors (Lipinski definition) is 2. The van der Waals surface area contributed by atoms with E-state index in [9.17, 15) is 4.79 Å². The number of benzene rings is 1. The predicted molar refractivity (Wildman–Crippen MR) is 65.0 cm³/mol. The predicted octanol–water partition coefficient (Wildman–Crippen LogP) is 2.59. The third kappa shape index (κ3) is 4.73. The zero-order valence-corrected chi connectivity index (χ0v) is 10.2. The van der Waals surface area contributed by atoms with Gasteiger partial charge in [0.15, 0.2) is 0 Å². The minimum absolute atomic E-state index is 0.483. The highest BCUT2D eigenvalue weighted by molar-refractivity contribution is 6.30. The summed E-state index contributed by atoms with van der Waals surface area (Å²) in [7, 11) is 0. The lowest BCUT2D eigenvalue weighted by atomic mass is 10.2. The molecule has 5 heteroatoms. The van der Waals surface area contributed by atoms with Gasteiger partial charge < -0.3 is 10.5 Å². The molecule has 3 nitrogen and oxygen atoms in total. The van der Waals surface area contributed by atoms with Crippen molar-refractivity contribution in [2.24, 2.45) is 5.73 Å². The van der Waals surface area contributed by atoms with Crippen molar-refractivity contribution in [1.82, 2.24) is 0 Å². The Hall–Kier alpha value is -0.930. The molecule has 0 aliphatic carbocycles. The van der Waals surface area contributed by atoms with E-state index in [1.165, 1.54) is 0 Å². The topological polar surface area (TPSA) is 52.3 Å². The lowest BCUT2D eigenvalue weighted by Gasteiger charge is -2.07. The number of amides is 1. The molecule has 0 aromatic heterocycles. The Morgan fingerprint density at radius 1 is 1.50 bits per heavy atom. The SMILES string of the molecule is NC(=O)C(Cl)CCCOc1cccc(Cl)c1. The van der Waals surface area contributed by atoms with Crippen LogP contribution in [0.4, 0.5) is 0 Å². The van der Waals surface area contributed by atoms with Crippen molar-refractivity contribution >= 4 is 29.1 Å².